The summed E-state index contributed by atoms with van der Waals surface area (Å²) in [5.41, 5.74) is 18.8. The molecule has 4 nitrogen and oxygen atoms in total. The number of benzene rings is 6. The first-order valence-electron chi connectivity index (χ1n) is 17.8. The van der Waals surface area contributed by atoms with E-state index in [-0.39, 0.29) is 5.97 Å². The first kappa shape index (κ1) is 37.8. The predicted octanol–water partition coefficient (Wildman–Crippen LogP) is 12.5. The Balaban J connectivity index is 0.000000206. The van der Waals surface area contributed by atoms with E-state index >= 15 is 0 Å². The van der Waals surface area contributed by atoms with E-state index in [1.54, 1.807) is 24.3 Å². The van der Waals surface area contributed by atoms with Gasteiger partial charge in [0.2, 0.25) is 0 Å². The van der Waals surface area contributed by atoms with Crippen molar-refractivity contribution in [2.45, 2.75) is 75.8 Å². The Kier molecular flexibility index (Phi) is 12.1. The van der Waals surface area contributed by atoms with Crippen LogP contribution in [-0.2, 0) is 11.5 Å². The van der Waals surface area contributed by atoms with Crippen LogP contribution in [0, 0.1) is 69.2 Å². The van der Waals surface area contributed by atoms with Crippen molar-refractivity contribution < 1.29 is 19.3 Å². The molecule has 6 aromatic rings. The largest absolute Gasteiger partial charge is 0.423 e. The molecule has 0 N–H and O–H groups in total. The Labute approximate surface area is 310 Å². The van der Waals surface area contributed by atoms with Crippen LogP contribution in [0.1, 0.15) is 71.6 Å². The minimum atomic E-state index is -0.374. The van der Waals surface area contributed by atoms with E-state index in [9.17, 15) is 4.79 Å². The van der Waals surface area contributed by atoms with Gasteiger partial charge >= 0.3 is 5.97 Å². The summed E-state index contributed by atoms with van der Waals surface area (Å²) in [4.78, 5) is 23.3. The van der Waals surface area contributed by atoms with Gasteiger partial charge in [0.05, 0.1) is 5.56 Å². The molecule has 0 aliphatic rings. The van der Waals surface area contributed by atoms with Gasteiger partial charge in [-0.05, 0) is 166 Å². The van der Waals surface area contributed by atoms with E-state index < -0.39 is 0 Å². The summed E-state index contributed by atoms with van der Waals surface area (Å²) >= 11 is 0. The molecule has 0 saturated heterocycles. The van der Waals surface area contributed by atoms with Gasteiger partial charge in [0.25, 0.3) is 0 Å². The van der Waals surface area contributed by atoms with Crippen LogP contribution in [0.5, 0.6) is 11.5 Å². The van der Waals surface area contributed by atoms with Gasteiger partial charge < -0.3 is 9.62 Å². The standard InChI is InChI=1S/C25H26O4.C23H24/c1-16-6-10-23(19(4)12-16)25(26)28-22-9-11-24(20(5)14-22)29-27-15-21-8-7-17(2)18(3)13-21;1-15-6-10-22(18(4)12-15)21-9-11-23(19(5)14-21)20-8-7-16(2)17(3)13-20/h6-14H,15H2,1-5H3;6-14H,1-5H3. The molecular formula is C48H50O4. The first-order valence-corrected chi connectivity index (χ1v) is 17.8. The van der Waals surface area contributed by atoms with Crippen molar-refractivity contribution in [2.24, 2.45) is 0 Å². The van der Waals surface area contributed by atoms with E-state index in [4.69, 9.17) is 14.5 Å². The summed E-state index contributed by atoms with van der Waals surface area (Å²) in [7, 11) is 0. The quantitative estimate of drug-likeness (QED) is 0.0690. The lowest BCUT2D eigenvalue weighted by Crippen LogP contribution is -2.10. The Morgan fingerprint density at radius 2 is 1.02 bits per heavy atom. The molecule has 52 heavy (non-hydrogen) atoms. The molecule has 6 rings (SSSR count). The molecule has 0 saturated carbocycles. The number of aryl methyl sites for hydroxylation is 10. The SMILES string of the molecule is Cc1ccc(-c2ccc(-c3ccc(C)c(C)c3)c(C)c2)c(C)c1.Cc1ccc(C(=O)Oc2ccc(OOCc3ccc(C)c(C)c3)c(C)c2)c(C)c1. The van der Waals surface area contributed by atoms with Crippen molar-refractivity contribution in [3.63, 3.8) is 0 Å². The van der Waals surface area contributed by atoms with E-state index in [1.165, 1.54) is 61.2 Å². The van der Waals surface area contributed by atoms with Crippen LogP contribution in [0.2, 0.25) is 0 Å². The normalized spacial score (nSPS) is 10.7. The summed E-state index contributed by atoms with van der Waals surface area (Å²) in [6.07, 6.45) is 0. The van der Waals surface area contributed by atoms with Crippen LogP contribution in [0.4, 0.5) is 0 Å². The van der Waals surface area contributed by atoms with Gasteiger partial charge in [-0.2, -0.15) is 4.89 Å². The smallest absolute Gasteiger partial charge is 0.343 e. The lowest BCUT2D eigenvalue weighted by Gasteiger charge is -2.12. The van der Waals surface area contributed by atoms with Gasteiger partial charge in [0, 0.05) is 0 Å². The Morgan fingerprint density at radius 3 is 1.62 bits per heavy atom. The molecule has 0 amide bonds. The fourth-order valence-electron chi connectivity index (χ4n) is 6.24. The van der Waals surface area contributed by atoms with Gasteiger partial charge in [-0.1, -0.05) is 96.1 Å². The number of esters is 1. The maximum Gasteiger partial charge on any atom is 0.343 e. The molecule has 0 radical (unpaired) electrons. The highest BCUT2D eigenvalue weighted by Crippen LogP contribution is 2.31. The highest BCUT2D eigenvalue weighted by Gasteiger charge is 2.13. The maximum atomic E-state index is 12.4. The van der Waals surface area contributed by atoms with Crippen molar-refractivity contribution in [3.05, 3.63) is 176 Å². The molecule has 0 aliphatic carbocycles. The number of hydrogen-bond acceptors (Lipinski definition) is 4. The zero-order valence-electron chi connectivity index (χ0n) is 32.2. The van der Waals surface area contributed by atoms with Crippen LogP contribution < -0.4 is 9.62 Å². The van der Waals surface area contributed by atoms with Crippen LogP contribution in [0.15, 0.2) is 109 Å². The van der Waals surface area contributed by atoms with E-state index in [1.807, 2.05) is 39.0 Å². The molecule has 266 valence electrons. The third-order valence-corrected chi connectivity index (χ3v) is 9.64. The Bertz CT molecular complexity index is 2230. The van der Waals surface area contributed by atoms with E-state index in [0.29, 0.717) is 23.7 Å². The second-order valence-electron chi connectivity index (χ2n) is 14.0. The molecular weight excluding hydrogens is 641 g/mol. The average Bonchev–Trinajstić information content (AvgIpc) is 3.09. The topological polar surface area (TPSA) is 44.8 Å². The number of carbonyl (C=O) groups is 1. The van der Waals surface area contributed by atoms with E-state index in [0.717, 1.165) is 22.3 Å². The van der Waals surface area contributed by atoms with Crippen molar-refractivity contribution in [1.82, 2.24) is 0 Å². The van der Waals surface area contributed by atoms with Crippen LogP contribution >= 0.6 is 0 Å². The summed E-state index contributed by atoms with van der Waals surface area (Å²) in [5.74, 6) is 0.677. The Morgan fingerprint density at radius 1 is 0.462 bits per heavy atom. The molecule has 0 unspecified atom stereocenters. The van der Waals surface area contributed by atoms with E-state index in [2.05, 4.69) is 115 Å². The summed E-state index contributed by atoms with van der Waals surface area (Å²) in [6.45, 7) is 21.2. The second-order valence-corrected chi connectivity index (χ2v) is 14.0. The minimum Gasteiger partial charge on any atom is -0.423 e. The van der Waals surface area contributed by atoms with Crippen LogP contribution in [-0.4, -0.2) is 5.97 Å². The monoisotopic (exact) mass is 690 g/mol. The predicted molar refractivity (Wildman–Crippen MR) is 214 cm³/mol. The van der Waals surface area contributed by atoms with Gasteiger partial charge in [-0.25, -0.2) is 4.79 Å². The number of rotatable bonds is 8. The molecule has 4 heteroatoms. The van der Waals surface area contributed by atoms with Gasteiger partial charge in [0.15, 0.2) is 5.75 Å². The fourth-order valence-corrected chi connectivity index (χ4v) is 6.24. The zero-order chi connectivity index (χ0) is 37.5. The average molecular weight is 691 g/mol. The Hall–Kier alpha value is -5.45. The molecule has 0 spiro atoms. The summed E-state index contributed by atoms with van der Waals surface area (Å²) in [5, 5.41) is 0. The molecule has 6 aromatic carbocycles. The third-order valence-electron chi connectivity index (χ3n) is 9.64. The third kappa shape index (κ3) is 9.45. The number of hydrogen-bond donors (Lipinski definition) is 0. The molecule has 0 aliphatic heterocycles. The van der Waals surface area contributed by atoms with Crippen molar-refractivity contribution in [3.8, 4) is 33.8 Å². The summed E-state index contributed by atoms with van der Waals surface area (Å²) in [6, 6.07) is 37.2. The fraction of sp³-hybridized carbons (Fsp3) is 0.229. The molecule has 0 atom stereocenters. The van der Waals surface area contributed by atoms with Crippen molar-refractivity contribution >= 4 is 5.97 Å². The molecule has 0 heterocycles. The second kappa shape index (κ2) is 16.7. The van der Waals surface area contributed by atoms with Gasteiger partial charge in [-0.15, -0.1) is 0 Å². The lowest BCUT2D eigenvalue weighted by atomic mass is 9.92. The van der Waals surface area contributed by atoms with Gasteiger partial charge in [0.1, 0.15) is 12.4 Å². The van der Waals surface area contributed by atoms with Crippen molar-refractivity contribution in [1.29, 1.82) is 0 Å². The number of ether oxygens (including phenoxy) is 1. The molecule has 0 aromatic heterocycles. The highest BCUT2D eigenvalue weighted by atomic mass is 17.2. The van der Waals surface area contributed by atoms with Crippen molar-refractivity contribution in [2.75, 3.05) is 0 Å². The first-order chi connectivity index (χ1) is 24.8. The minimum absolute atomic E-state index is 0.351. The molecule has 0 fully saturated rings. The highest BCUT2D eigenvalue weighted by molar-refractivity contribution is 5.92. The lowest BCUT2D eigenvalue weighted by molar-refractivity contribution is -0.218. The molecule has 0 bridgehead atoms. The van der Waals surface area contributed by atoms with Gasteiger partial charge in [-0.3, -0.25) is 0 Å². The summed E-state index contributed by atoms with van der Waals surface area (Å²) < 4.78 is 5.52. The maximum absolute atomic E-state index is 12.4. The van der Waals surface area contributed by atoms with Crippen LogP contribution in [0.3, 0.4) is 0 Å². The zero-order valence-corrected chi connectivity index (χ0v) is 32.2. The number of carbonyl (C=O) groups excluding carboxylic acids is 1. The van der Waals surface area contributed by atoms with Crippen LogP contribution in [0.25, 0.3) is 22.3 Å².